The molecule has 1 saturated heterocycles. The van der Waals surface area contributed by atoms with Crippen LogP contribution < -0.4 is 10.2 Å². The Kier molecular flexibility index (Phi) is 2.90. The molecule has 0 unspecified atom stereocenters. The largest absolute Gasteiger partial charge is 0.317 e. The third-order valence-electron chi connectivity index (χ3n) is 4.27. The van der Waals surface area contributed by atoms with Crippen LogP contribution in [0, 0.1) is 13.8 Å². The third-order valence-corrected chi connectivity index (χ3v) is 4.27. The van der Waals surface area contributed by atoms with Gasteiger partial charge in [0.25, 0.3) is 11.7 Å². The highest BCUT2D eigenvalue weighted by atomic mass is 16.2. The smallest absolute Gasteiger partial charge is 0.299 e. The van der Waals surface area contributed by atoms with E-state index in [1.54, 1.807) is 11.0 Å². The summed E-state index contributed by atoms with van der Waals surface area (Å²) in [4.78, 5) is 26.1. The minimum Gasteiger partial charge on any atom is -0.317 e. The summed E-state index contributed by atoms with van der Waals surface area (Å²) in [6.45, 7) is 5.82. The lowest BCUT2D eigenvalue weighted by molar-refractivity contribution is -0.114. The Hall–Kier alpha value is -1.68. The Bertz CT molecular complexity index is 560. The van der Waals surface area contributed by atoms with E-state index in [1.165, 1.54) is 0 Å². The summed E-state index contributed by atoms with van der Waals surface area (Å²) in [6, 6.07) is 3.86. The number of ketones is 1. The normalized spacial score (nSPS) is 20.0. The van der Waals surface area contributed by atoms with Crippen LogP contribution in [0.15, 0.2) is 12.1 Å². The van der Waals surface area contributed by atoms with Crippen molar-refractivity contribution in [2.24, 2.45) is 0 Å². The molecule has 4 nitrogen and oxygen atoms in total. The second-order valence-electron chi connectivity index (χ2n) is 5.39. The molecular formula is C15H18N2O2. The zero-order valence-corrected chi connectivity index (χ0v) is 11.3. The lowest BCUT2D eigenvalue weighted by atomic mass is 10.0. The van der Waals surface area contributed by atoms with Gasteiger partial charge in [0.05, 0.1) is 11.3 Å². The maximum atomic E-state index is 12.3. The van der Waals surface area contributed by atoms with Crippen LogP contribution in [0.5, 0.6) is 0 Å². The van der Waals surface area contributed by atoms with Crippen molar-refractivity contribution in [3.8, 4) is 0 Å². The molecule has 0 spiro atoms. The van der Waals surface area contributed by atoms with Gasteiger partial charge < -0.3 is 10.2 Å². The van der Waals surface area contributed by atoms with E-state index in [0.29, 0.717) is 5.56 Å². The summed E-state index contributed by atoms with van der Waals surface area (Å²) >= 11 is 0. The van der Waals surface area contributed by atoms with Crippen molar-refractivity contribution < 1.29 is 9.59 Å². The predicted molar refractivity (Wildman–Crippen MR) is 73.6 cm³/mol. The molecule has 0 aliphatic carbocycles. The molecule has 1 aromatic carbocycles. The topological polar surface area (TPSA) is 49.4 Å². The number of aryl methyl sites for hydroxylation is 1. The van der Waals surface area contributed by atoms with Gasteiger partial charge >= 0.3 is 0 Å². The molecule has 1 N–H and O–H groups in total. The van der Waals surface area contributed by atoms with E-state index in [0.717, 1.165) is 42.7 Å². The van der Waals surface area contributed by atoms with Gasteiger partial charge in [0.15, 0.2) is 0 Å². The SMILES string of the molecule is Cc1ccc2c(c1C)N(C1CCNCC1)C(=O)C2=O. The van der Waals surface area contributed by atoms with E-state index < -0.39 is 0 Å². The molecule has 0 atom stereocenters. The van der Waals surface area contributed by atoms with Crippen LogP contribution >= 0.6 is 0 Å². The molecule has 0 saturated carbocycles. The molecular weight excluding hydrogens is 240 g/mol. The van der Waals surface area contributed by atoms with Gasteiger partial charge in [-0.2, -0.15) is 0 Å². The number of benzene rings is 1. The fourth-order valence-electron chi connectivity index (χ4n) is 3.03. The lowest BCUT2D eigenvalue weighted by Crippen LogP contribution is -2.45. The minimum absolute atomic E-state index is 0.152. The highest BCUT2D eigenvalue weighted by Crippen LogP contribution is 2.36. The maximum absolute atomic E-state index is 12.3. The number of rotatable bonds is 1. The van der Waals surface area contributed by atoms with Crippen LogP contribution in [0.2, 0.25) is 0 Å². The van der Waals surface area contributed by atoms with Gasteiger partial charge in [-0.3, -0.25) is 9.59 Å². The average Bonchev–Trinajstić information content (AvgIpc) is 2.68. The van der Waals surface area contributed by atoms with Crippen molar-refractivity contribution in [3.05, 3.63) is 28.8 Å². The Morgan fingerprint density at radius 1 is 1.16 bits per heavy atom. The van der Waals surface area contributed by atoms with Crippen molar-refractivity contribution in [1.29, 1.82) is 0 Å². The number of carbonyl (C=O) groups excluding carboxylic acids is 2. The Morgan fingerprint density at radius 3 is 2.53 bits per heavy atom. The maximum Gasteiger partial charge on any atom is 0.299 e. The van der Waals surface area contributed by atoms with Crippen molar-refractivity contribution >= 4 is 17.4 Å². The second kappa shape index (κ2) is 4.46. The highest BCUT2D eigenvalue weighted by molar-refractivity contribution is 6.52. The molecule has 4 heteroatoms. The van der Waals surface area contributed by atoms with Gasteiger partial charge in [0, 0.05) is 6.04 Å². The van der Waals surface area contributed by atoms with Crippen LogP contribution in [-0.4, -0.2) is 30.8 Å². The summed E-state index contributed by atoms with van der Waals surface area (Å²) in [7, 11) is 0. The van der Waals surface area contributed by atoms with Crippen LogP contribution in [0.25, 0.3) is 0 Å². The fraction of sp³-hybridized carbons (Fsp3) is 0.467. The molecule has 1 fully saturated rings. The molecule has 2 aliphatic rings. The van der Waals surface area contributed by atoms with Gasteiger partial charge in [-0.05, 0) is 57.0 Å². The first-order valence-corrected chi connectivity index (χ1v) is 6.80. The predicted octanol–water partition coefficient (Wildman–Crippen LogP) is 1.58. The first-order chi connectivity index (χ1) is 9.11. The molecule has 100 valence electrons. The standard InChI is InChI=1S/C15H18N2O2/c1-9-3-4-12-13(10(9)2)17(15(19)14(12)18)11-5-7-16-8-6-11/h3-4,11,16H,5-8H2,1-2H3. The number of nitrogens with one attached hydrogen (secondary N) is 1. The zero-order valence-electron chi connectivity index (χ0n) is 11.3. The molecule has 0 radical (unpaired) electrons. The first kappa shape index (κ1) is 12.4. The summed E-state index contributed by atoms with van der Waals surface area (Å²) in [5.41, 5.74) is 3.60. The molecule has 19 heavy (non-hydrogen) atoms. The number of hydrogen-bond donors (Lipinski definition) is 1. The number of hydrogen-bond acceptors (Lipinski definition) is 3. The van der Waals surface area contributed by atoms with E-state index in [2.05, 4.69) is 5.32 Å². The van der Waals surface area contributed by atoms with Gasteiger partial charge in [-0.15, -0.1) is 0 Å². The van der Waals surface area contributed by atoms with Crippen molar-refractivity contribution in [2.45, 2.75) is 32.7 Å². The Balaban J connectivity index is 2.10. The van der Waals surface area contributed by atoms with E-state index >= 15 is 0 Å². The van der Waals surface area contributed by atoms with E-state index in [1.807, 2.05) is 19.9 Å². The van der Waals surface area contributed by atoms with Crippen LogP contribution in [0.3, 0.4) is 0 Å². The molecule has 3 rings (SSSR count). The first-order valence-electron chi connectivity index (χ1n) is 6.80. The van der Waals surface area contributed by atoms with Gasteiger partial charge in [-0.1, -0.05) is 6.07 Å². The van der Waals surface area contributed by atoms with Gasteiger partial charge in [-0.25, -0.2) is 0 Å². The molecule has 0 bridgehead atoms. The average molecular weight is 258 g/mol. The summed E-state index contributed by atoms with van der Waals surface area (Å²) < 4.78 is 0. The number of anilines is 1. The number of amides is 1. The van der Waals surface area contributed by atoms with Gasteiger partial charge in [0.1, 0.15) is 0 Å². The van der Waals surface area contributed by atoms with E-state index in [4.69, 9.17) is 0 Å². The highest BCUT2D eigenvalue weighted by Gasteiger charge is 2.41. The Labute approximate surface area is 112 Å². The fourth-order valence-corrected chi connectivity index (χ4v) is 3.03. The van der Waals surface area contributed by atoms with Crippen LogP contribution in [-0.2, 0) is 4.79 Å². The van der Waals surface area contributed by atoms with Crippen molar-refractivity contribution in [2.75, 3.05) is 18.0 Å². The molecule has 2 aliphatic heterocycles. The summed E-state index contributed by atoms with van der Waals surface area (Å²) in [5.74, 6) is -0.702. The van der Waals surface area contributed by atoms with Crippen LogP contribution in [0.1, 0.15) is 34.3 Å². The van der Waals surface area contributed by atoms with E-state index in [9.17, 15) is 9.59 Å². The molecule has 1 aromatic rings. The monoisotopic (exact) mass is 258 g/mol. The molecule has 0 aromatic heterocycles. The number of fused-ring (bicyclic) bond motifs is 1. The lowest BCUT2D eigenvalue weighted by Gasteiger charge is -2.32. The van der Waals surface area contributed by atoms with E-state index in [-0.39, 0.29) is 17.7 Å². The second-order valence-corrected chi connectivity index (χ2v) is 5.39. The number of Topliss-reactive ketones (excluding diaryl/α,β-unsaturated/α-hetero) is 1. The number of nitrogens with zero attached hydrogens (tertiary/aromatic N) is 1. The third kappa shape index (κ3) is 1.78. The van der Waals surface area contributed by atoms with Crippen molar-refractivity contribution in [3.63, 3.8) is 0 Å². The summed E-state index contributed by atoms with van der Waals surface area (Å²) in [6.07, 6.45) is 1.82. The minimum atomic E-state index is -0.351. The number of carbonyl (C=O) groups is 2. The molecule has 2 heterocycles. The molecule has 1 amide bonds. The quantitative estimate of drug-likeness (QED) is 0.778. The van der Waals surface area contributed by atoms with Crippen LogP contribution in [0.4, 0.5) is 5.69 Å². The number of piperidine rings is 1. The summed E-state index contributed by atoms with van der Waals surface area (Å²) in [5, 5.41) is 3.29. The van der Waals surface area contributed by atoms with Crippen molar-refractivity contribution in [1.82, 2.24) is 5.32 Å². The van der Waals surface area contributed by atoms with Gasteiger partial charge in [0.2, 0.25) is 0 Å². The Morgan fingerprint density at radius 2 is 1.84 bits per heavy atom. The zero-order chi connectivity index (χ0) is 13.6.